The summed E-state index contributed by atoms with van der Waals surface area (Å²) in [5.74, 6) is 1.17. The molecule has 11 aromatic rings. The fourth-order valence-corrected chi connectivity index (χ4v) is 7.83. The van der Waals surface area contributed by atoms with Crippen LogP contribution < -0.4 is 9.30 Å². The standard InChI is InChI=1S/C56H38N4O.Pt/c1-2-39-32-33-57-55(34-39)60-51-27-13-12-24-49(51)50-30-29-46(37-53(50)60)61-45-23-14-22-44(36-45)58-38-59(52-31-28-43(35-54(52)58)40-16-6-3-7-17-40)56-47(41-18-8-4-9-19-41)25-15-26-48(56)42-20-10-5-11-21-42;/h3-35H,2H2,1H3;/q-2;/i2D2,4D,5D,8D,9D,10D,11D,18D,19D,20D,21D;. The number of imidazole rings is 1. The molecule has 8 aromatic carbocycles. The van der Waals surface area contributed by atoms with Crippen LogP contribution in [0.3, 0.4) is 0 Å². The third-order valence-corrected chi connectivity index (χ3v) is 10.6. The molecule has 0 fully saturated rings. The first-order valence-corrected chi connectivity index (χ1v) is 19.5. The first kappa shape index (κ1) is 27.5. The minimum absolute atomic E-state index is 0. The SMILES string of the molecule is [2H]c1c([2H])c([2H])c(-c2cccc(-c3c([2H])c([2H])c([2H])c([2H])c3[2H])c2-[n+]2[c-]n(-c3[c-]c(Oc4[c-]c5c(cc4)c4ccccc4n5-c4cc(C([2H])([2H])C)ccn4)ccc3)c3cc(-c4ccccc4)ccc32)c([2H])c1[2H].[Pt]. The first-order chi connectivity index (χ1) is 35.0. The maximum atomic E-state index is 9.09. The van der Waals surface area contributed by atoms with Crippen LogP contribution >= 0.6 is 0 Å². The van der Waals surface area contributed by atoms with Gasteiger partial charge in [-0.1, -0.05) is 152 Å². The van der Waals surface area contributed by atoms with E-state index in [1.165, 1.54) is 6.92 Å². The van der Waals surface area contributed by atoms with Crippen LogP contribution in [0.2, 0.25) is 0 Å². The second kappa shape index (κ2) is 16.6. The second-order valence-electron chi connectivity index (χ2n) is 14.1. The van der Waals surface area contributed by atoms with Gasteiger partial charge in [0, 0.05) is 47.0 Å². The van der Waals surface area contributed by atoms with Gasteiger partial charge in [-0.2, -0.15) is 18.2 Å². The summed E-state index contributed by atoms with van der Waals surface area (Å²) in [5, 5.41) is 1.83. The summed E-state index contributed by atoms with van der Waals surface area (Å²) >= 11 is 0. The van der Waals surface area contributed by atoms with Crippen LogP contribution in [0.4, 0.5) is 0 Å². The quantitative estimate of drug-likeness (QED) is 0.107. The van der Waals surface area contributed by atoms with Gasteiger partial charge in [0.15, 0.2) is 0 Å². The monoisotopic (exact) mass is 989 g/mol. The Balaban J connectivity index is 0.00000626. The van der Waals surface area contributed by atoms with Crippen LogP contribution in [0.5, 0.6) is 11.5 Å². The molecule has 0 unspecified atom stereocenters. The molecule has 6 heteroatoms. The van der Waals surface area contributed by atoms with Crippen LogP contribution in [-0.2, 0) is 27.4 Å². The normalized spacial score (nSPS) is 14.2. The van der Waals surface area contributed by atoms with Crippen molar-refractivity contribution in [2.45, 2.75) is 13.3 Å². The predicted molar refractivity (Wildman–Crippen MR) is 246 cm³/mol. The molecule has 0 radical (unpaired) electrons. The Hall–Kier alpha value is -7.33. The van der Waals surface area contributed by atoms with Gasteiger partial charge in [0.1, 0.15) is 5.82 Å². The molecule has 0 aliphatic rings. The molecule has 11 rings (SSSR count). The Bertz CT molecular complexity index is 3930. The molecular weight excluding hydrogens is 940 g/mol. The molecule has 0 aliphatic heterocycles. The molecule has 0 aliphatic carbocycles. The van der Waals surface area contributed by atoms with Crippen molar-refractivity contribution in [1.29, 1.82) is 0 Å². The molecule has 0 saturated heterocycles. The van der Waals surface area contributed by atoms with E-state index in [1.54, 1.807) is 63.9 Å². The number of hydrogen-bond acceptors (Lipinski definition) is 2. The van der Waals surface area contributed by atoms with E-state index in [4.69, 9.17) is 21.2 Å². The van der Waals surface area contributed by atoms with Gasteiger partial charge in [0.25, 0.3) is 6.33 Å². The van der Waals surface area contributed by atoms with E-state index < -0.39 is 66.8 Å². The fraction of sp³-hybridized carbons (Fsp3) is 0.0357. The average molecular weight is 990 g/mol. The predicted octanol–water partition coefficient (Wildman–Crippen LogP) is 13.2. The van der Waals surface area contributed by atoms with E-state index in [-0.39, 0.29) is 49.0 Å². The van der Waals surface area contributed by atoms with Gasteiger partial charge >= 0.3 is 0 Å². The van der Waals surface area contributed by atoms with Gasteiger partial charge in [0.05, 0.1) is 30.4 Å². The van der Waals surface area contributed by atoms with Crippen molar-refractivity contribution in [2.75, 3.05) is 0 Å². The minimum atomic E-state index is -1.61. The summed E-state index contributed by atoms with van der Waals surface area (Å²) in [6, 6.07) is 41.8. The number of aryl methyl sites for hydroxylation is 1. The number of hydrogen-bond donors (Lipinski definition) is 0. The fourth-order valence-electron chi connectivity index (χ4n) is 7.83. The number of fused-ring (bicyclic) bond motifs is 4. The van der Waals surface area contributed by atoms with Crippen LogP contribution in [0.15, 0.2) is 200 Å². The Labute approximate surface area is 391 Å². The molecule has 3 heterocycles. The average Bonchev–Trinajstić information content (AvgIpc) is 3.94. The maximum Gasteiger partial charge on any atom is 0.268 e. The smallest absolute Gasteiger partial charge is 0.268 e. The third kappa shape index (κ3) is 7.01. The zero-order chi connectivity index (χ0) is 51.2. The summed E-state index contributed by atoms with van der Waals surface area (Å²) in [6.07, 6.45) is 3.43. The van der Waals surface area contributed by atoms with Crippen molar-refractivity contribution >= 4 is 32.8 Å². The van der Waals surface area contributed by atoms with E-state index in [1.807, 2.05) is 89.5 Å². The molecule has 5 nitrogen and oxygen atoms in total. The van der Waals surface area contributed by atoms with Crippen LogP contribution in [0.1, 0.15) is 28.9 Å². The number of benzene rings is 8. The van der Waals surface area contributed by atoms with Gasteiger partial charge in [-0.3, -0.25) is 4.57 Å². The molecule has 0 spiro atoms. The van der Waals surface area contributed by atoms with E-state index in [0.29, 0.717) is 45.1 Å². The molecule has 0 bridgehead atoms. The van der Waals surface area contributed by atoms with Crippen molar-refractivity contribution in [3.05, 3.63) is 224 Å². The summed E-state index contributed by atoms with van der Waals surface area (Å²) in [4.78, 5) is 4.65. The summed E-state index contributed by atoms with van der Waals surface area (Å²) in [6.45, 7) is 1.50. The Morgan fingerprint density at radius 3 is 2.10 bits per heavy atom. The number of nitrogens with zero attached hydrogens (tertiary/aromatic N) is 4. The summed E-state index contributed by atoms with van der Waals surface area (Å²) in [5.41, 5.74) is 5.26. The van der Waals surface area contributed by atoms with Crippen molar-refractivity contribution in [2.24, 2.45) is 0 Å². The Morgan fingerprint density at radius 2 is 1.34 bits per heavy atom. The molecule has 0 amide bonds. The van der Waals surface area contributed by atoms with Crippen molar-refractivity contribution < 1.29 is 46.8 Å². The summed E-state index contributed by atoms with van der Waals surface area (Å²) in [7, 11) is 0. The maximum absolute atomic E-state index is 9.09. The van der Waals surface area contributed by atoms with E-state index >= 15 is 0 Å². The Morgan fingerprint density at radius 1 is 0.629 bits per heavy atom. The molecular formula is C56H38N4OPt-2. The van der Waals surface area contributed by atoms with Crippen molar-refractivity contribution in [3.63, 3.8) is 0 Å². The van der Waals surface area contributed by atoms with Gasteiger partial charge in [-0.05, 0) is 80.7 Å². The van der Waals surface area contributed by atoms with Gasteiger partial charge in [0.2, 0.25) is 0 Å². The number of ether oxygens (including phenoxy) is 1. The second-order valence-corrected chi connectivity index (χ2v) is 14.1. The summed E-state index contributed by atoms with van der Waals surface area (Å²) < 4.78 is 116. The van der Waals surface area contributed by atoms with Crippen LogP contribution in [0, 0.1) is 18.5 Å². The topological polar surface area (TPSA) is 35.9 Å². The third-order valence-electron chi connectivity index (χ3n) is 10.6. The first-order valence-electron chi connectivity index (χ1n) is 25.5. The zero-order valence-electron chi connectivity index (χ0n) is 44.8. The number of pyridine rings is 1. The molecule has 0 atom stereocenters. The van der Waals surface area contributed by atoms with Crippen molar-refractivity contribution in [1.82, 2.24) is 14.1 Å². The van der Waals surface area contributed by atoms with Gasteiger partial charge in [-0.25, -0.2) is 4.98 Å². The Kier molecular flexibility index (Phi) is 7.37. The van der Waals surface area contributed by atoms with Gasteiger partial charge < -0.3 is 13.9 Å². The van der Waals surface area contributed by atoms with Crippen molar-refractivity contribution in [3.8, 4) is 62.1 Å². The van der Waals surface area contributed by atoms with Gasteiger partial charge in [-0.15, -0.1) is 29.7 Å². The molecule has 62 heavy (non-hydrogen) atoms. The number of aromatic nitrogens is 4. The number of rotatable bonds is 9. The largest absolute Gasteiger partial charge is 0.510 e. The zero-order valence-corrected chi connectivity index (χ0v) is 35.1. The molecule has 3 aromatic heterocycles. The minimum Gasteiger partial charge on any atom is -0.510 e. The van der Waals surface area contributed by atoms with E-state index in [0.717, 1.165) is 27.4 Å². The van der Waals surface area contributed by atoms with E-state index in [9.17, 15) is 0 Å². The number of para-hydroxylation sites is 2. The van der Waals surface area contributed by atoms with Crippen LogP contribution in [0.25, 0.3) is 83.4 Å². The molecule has 0 N–H and O–H groups in total. The molecule has 0 saturated carbocycles. The van der Waals surface area contributed by atoms with Crippen LogP contribution in [-0.4, -0.2) is 14.1 Å². The molecule has 300 valence electrons. The van der Waals surface area contributed by atoms with E-state index in [2.05, 4.69) is 23.4 Å².